The molecule has 0 aliphatic heterocycles. The largest absolute Gasteiger partial charge is 0.462 e. The molecule has 0 saturated carbocycles. The van der Waals surface area contributed by atoms with Crippen LogP contribution in [0.2, 0.25) is 0 Å². The smallest absolute Gasteiger partial charge is 0.333 e. The number of unbranched alkanes of at least 4 members (excludes halogenated alkanes) is 22. The van der Waals surface area contributed by atoms with Gasteiger partial charge in [-0.05, 0) is 64.2 Å². The van der Waals surface area contributed by atoms with Crippen molar-refractivity contribution in [2.75, 3.05) is 13.2 Å². The van der Waals surface area contributed by atoms with Crippen molar-refractivity contribution in [2.45, 2.75) is 200 Å². The highest BCUT2D eigenvalue weighted by molar-refractivity contribution is 7.83. The SMILES string of the molecule is CCCCCCCC/C=C\CCCCCCCC(=O)OCC(CNS(=O)(=O)O)OC(=O)CCCCCCC/C=C\CCCCCCCC. The molecule has 0 aromatic carbocycles. The Kier molecular flexibility index (Phi) is 33.9. The van der Waals surface area contributed by atoms with Gasteiger partial charge in [0.2, 0.25) is 0 Å². The molecule has 0 bridgehead atoms. The van der Waals surface area contributed by atoms with Crippen LogP contribution in [0.5, 0.6) is 0 Å². The summed E-state index contributed by atoms with van der Waals surface area (Å²) < 4.78 is 43.9. The van der Waals surface area contributed by atoms with E-state index in [-0.39, 0.29) is 26.0 Å². The van der Waals surface area contributed by atoms with Gasteiger partial charge in [-0.25, -0.2) is 0 Å². The van der Waals surface area contributed by atoms with Crippen LogP contribution in [0.15, 0.2) is 24.3 Å². The van der Waals surface area contributed by atoms with Gasteiger partial charge in [0.15, 0.2) is 0 Å². The number of rotatable bonds is 36. The van der Waals surface area contributed by atoms with Crippen molar-refractivity contribution >= 4 is 22.2 Å². The second-order valence-corrected chi connectivity index (χ2v) is 14.5. The fraction of sp³-hybridized carbons (Fsp3) is 0.846. The van der Waals surface area contributed by atoms with Crippen molar-refractivity contribution in [2.24, 2.45) is 0 Å². The molecule has 0 rings (SSSR count). The Morgan fingerprint density at radius 2 is 0.917 bits per heavy atom. The third kappa shape index (κ3) is 37.1. The van der Waals surface area contributed by atoms with Crippen molar-refractivity contribution in [3.8, 4) is 0 Å². The van der Waals surface area contributed by atoms with Crippen molar-refractivity contribution < 1.29 is 32.0 Å². The van der Waals surface area contributed by atoms with Gasteiger partial charge in [0.25, 0.3) is 0 Å². The van der Waals surface area contributed by atoms with Gasteiger partial charge < -0.3 is 9.47 Å². The molecule has 0 amide bonds. The molecule has 0 aliphatic rings. The summed E-state index contributed by atoms with van der Waals surface area (Å²) in [5, 5.41) is 0. The lowest BCUT2D eigenvalue weighted by molar-refractivity contribution is -0.158. The quantitative estimate of drug-likeness (QED) is 0.0289. The number of ether oxygens (including phenoxy) is 2. The Bertz CT molecular complexity index is 904. The van der Waals surface area contributed by atoms with E-state index in [1.54, 1.807) is 0 Å². The maximum atomic E-state index is 12.4. The molecule has 9 heteroatoms. The second-order valence-electron chi connectivity index (χ2n) is 13.3. The van der Waals surface area contributed by atoms with Crippen LogP contribution in [0, 0.1) is 0 Å². The van der Waals surface area contributed by atoms with Gasteiger partial charge in [-0.3, -0.25) is 14.1 Å². The van der Waals surface area contributed by atoms with E-state index < -0.39 is 28.3 Å². The molecule has 0 radical (unpaired) electrons. The average Bonchev–Trinajstić information content (AvgIpc) is 3.05. The van der Waals surface area contributed by atoms with Crippen LogP contribution in [0.25, 0.3) is 0 Å². The zero-order chi connectivity index (χ0) is 35.4. The highest BCUT2D eigenvalue weighted by Crippen LogP contribution is 2.13. The summed E-state index contributed by atoms with van der Waals surface area (Å²) in [6.45, 7) is 3.86. The summed E-state index contributed by atoms with van der Waals surface area (Å²) in [7, 11) is -4.47. The fourth-order valence-corrected chi connectivity index (χ4v) is 5.91. The number of hydrogen-bond acceptors (Lipinski definition) is 6. The molecule has 0 aromatic heterocycles. The Balaban J connectivity index is 3.97. The van der Waals surface area contributed by atoms with Crippen LogP contribution in [-0.4, -0.2) is 44.2 Å². The van der Waals surface area contributed by atoms with Crippen molar-refractivity contribution in [3.63, 3.8) is 0 Å². The Morgan fingerprint density at radius 3 is 1.31 bits per heavy atom. The lowest BCUT2D eigenvalue weighted by Gasteiger charge is -2.18. The van der Waals surface area contributed by atoms with E-state index in [0.717, 1.165) is 70.6 Å². The van der Waals surface area contributed by atoms with Crippen LogP contribution in [0.1, 0.15) is 194 Å². The zero-order valence-corrected chi connectivity index (χ0v) is 31.7. The molecule has 0 aliphatic carbocycles. The summed E-state index contributed by atoms with van der Waals surface area (Å²) in [5.41, 5.74) is 0. The maximum absolute atomic E-state index is 12.4. The molecule has 2 N–H and O–H groups in total. The maximum Gasteiger partial charge on any atom is 0.333 e. The molecule has 0 heterocycles. The molecule has 0 saturated heterocycles. The van der Waals surface area contributed by atoms with Gasteiger partial charge in [0.05, 0.1) is 6.54 Å². The summed E-state index contributed by atoms with van der Waals surface area (Å²) >= 11 is 0. The Morgan fingerprint density at radius 1 is 0.562 bits per heavy atom. The van der Waals surface area contributed by atoms with Gasteiger partial charge in [-0.2, -0.15) is 13.1 Å². The highest BCUT2D eigenvalue weighted by Gasteiger charge is 2.19. The van der Waals surface area contributed by atoms with Crippen LogP contribution in [0.4, 0.5) is 0 Å². The van der Waals surface area contributed by atoms with Crippen molar-refractivity contribution in [1.29, 1.82) is 0 Å². The molecule has 48 heavy (non-hydrogen) atoms. The summed E-state index contributed by atoms with van der Waals surface area (Å²) in [4.78, 5) is 24.6. The normalized spacial score (nSPS) is 12.6. The first kappa shape index (κ1) is 46.3. The van der Waals surface area contributed by atoms with Gasteiger partial charge in [0, 0.05) is 12.8 Å². The molecule has 1 atom stereocenters. The minimum atomic E-state index is -4.47. The van der Waals surface area contributed by atoms with Gasteiger partial charge in [0.1, 0.15) is 12.7 Å². The lowest BCUT2D eigenvalue weighted by atomic mass is 10.1. The summed E-state index contributed by atoms with van der Waals surface area (Å²) in [5.74, 6) is -0.874. The highest BCUT2D eigenvalue weighted by atomic mass is 32.2. The average molecular weight is 700 g/mol. The van der Waals surface area contributed by atoms with E-state index in [0.29, 0.717) is 6.42 Å². The Labute approximate surface area is 295 Å². The first-order valence-corrected chi connectivity index (χ1v) is 21.1. The standard InChI is InChI=1S/C39H73NO7S/c1-3-5-7-9-11-13-15-17-19-21-23-25-27-29-31-33-38(41)46-36-37(35-40-48(43,44)45)47-39(42)34-32-30-28-26-24-22-20-18-16-14-12-10-8-6-4-2/h17-20,37,40H,3-16,21-36H2,1-2H3,(H,43,44,45)/b19-17-,20-18-. The first-order valence-electron chi connectivity index (χ1n) is 19.7. The molecule has 0 fully saturated rings. The van der Waals surface area contributed by atoms with Crippen LogP contribution < -0.4 is 4.72 Å². The van der Waals surface area contributed by atoms with Gasteiger partial charge in [-0.15, -0.1) is 0 Å². The summed E-state index contributed by atoms with van der Waals surface area (Å²) in [6.07, 6.45) is 39.1. The predicted octanol–water partition coefficient (Wildman–Crippen LogP) is 10.9. The van der Waals surface area contributed by atoms with E-state index in [4.69, 9.17) is 14.0 Å². The predicted molar refractivity (Wildman–Crippen MR) is 199 cm³/mol. The minimum Gasteiger partial charge on any atom is -0.462 e. The topological polar surface area (TPSA) is 119 Å². The molecular weight excluding hydrogens is 626 g/mol. The monoisotopic (exact) mass is 700 g/mol. The minimum absolute atomic E-state index is 0.212. The lowest BCUT2D eigenvalue weighted by Crippen LogP contribution is -2.37. The molecule has 0 aromatic rings. The molecule has 1 unspecified atom stereocenters. The molecule has 282 valence electrons. The number of esters is 2. The van der Waals surface area contributed by atoms with Gasteiger partial charge >= 0.3 is 22.2 Å². The molecule has 0 spiro atoms. The van der Waals surface area contributed by atoms with Gasteiger partial charge in [-0.1, -0.05) is 141 Å². The van der Waals surface area contributed by atoms with Crippen LogP contribution in [-0.2, 0) is 29.4 Å². The fourth-order valence-electron chi connectivity index (χ4n) is 5.52. The Hall–Kier alpha value is -1.71. The number of carbonyl (C=O) groups excluding carboxylic acids is 2. The second kappa shape index (κ2) is 35.1. The first-order chi connectivity index (χ1) is 23.3. The van der Waals surface area contributed by atoms with Crippen molar-refractivity contribution in [1.82, 2.24) is 4.72 Å². The zero-order valence-electron chi connectivity index (χ0n) is 30.9. The van der Waals surface area contributed by atoms with Crippen LogP contribution >= 0.6 is 0 Å². The number of hydrogen-bond donors (Lipinski definition) is 2. The van der Waals surface area contributed by atoms with E-state index >= 15 is 0 Å². The third-order valence-corrected chi connectivity index (χ3v) is 9.04. The molecule has 8 nitrogen and oxygen atoms in total. The van der Waals surface area contributed by atoms with Crippen LogP contribution in [0.3, 0.4) is 0 Å². The van der Waals surface area contributed by atoms with Crippen molar-refractivity contribution in [3.05, 3.63) is 24.3 Å². The van der Waals surface area contributed by atoms with E-state index in [9.17, 15) is 18.0 Å². The number of carbonyl (C=O) groups is 2. The van der Waals surface area contributed by atoms with E-state index in [1.165, 1.54) is 89.9 Å². The van der Waals surface area contributed by atoms with E-state index in [1.807, 2.05) is 4.72 Å². The number of allylic oxidation sites excluding steroid dienone is 4. The summed E-state index contributed by atoms with van der Waals surface area (Å²) in [6, 6.07) is 0. The van der Waals surface area contributed by atoms with E-state index in [2.05, 4.69) is 38.2 Å². The third-order valence-electron chi connectivity index (χ3n) is 8.51. The molecular formula is C39H73NO7S. The number of nitrogens with one attached hydrogen (secondary N) is 1.